The fraction of sp³-hybridized carbons (Fsp3) is 0.250. The van der Waals surface area contributed by atoms with Crippen LogP contribution in [-0.4, -0.2) is 33.5 Å². The molecule has 2 aliphatic carbocycles. The van der Waals surface area contributed by atoms with Crippen LogP contribution in [0.4, 0.5) is 5.69 Å². The van der Waals surface area contributed by atoms with E-state index in [9.17, 15) is 19.5 Å². The Hall–Kier alpha value is -2.49. The third-order valence-corrected chi connectivity index (χ3v) is 8.87. The molecule has 9 heteroatoms. The van der Waals surface area contributed by atoms with Gasteiger partial charge in [0.1, 0.15) is 0 Å². The van der Waals surface area contributed by atoms with E-state index in [1.165, 1.54) is 23.1 Å². The quantitative estimate of drug-likeness (QED) is 0.232. The van der Waals surface area contributed by atoms with Gasteiger partial charge in [-0.3, -0.25) is 14.4 Å². The first-order valence-corrected chi connectivity index (χ1v) is 13.0. The van der Waals surface area contributed by atoms with Crippen molar-refractivity contribution in [2.45, 2.75) is 10.8 Å². The first-order chi connectivity index (χ1) is 15.9. The number of fused-ring (bicyclic) bond motifs is 3. The summed E-state index contributed by atoms with van der Waals surface area (Å²) >= 11 is 6.22. The van der Waals surface area contributed by atoms with Crippen LogP contribution in [0.3, 0.4) is 0 Å². The summed E-state index contributed by atoms with van der Waals surface area (Å²) in [5, 5.41) is 12.5. The number of aromatic nitrogens is 1. The summed E-state index contributed by atoms with van der Waals surface area (Å²) < 4.78 is 2.60. The zero-order valence-electron chi connectivity index (χ0n) is 17.2. The van der Waals surface area contributed by atoms with E-state index < -0.39 is 17.8 Å². The van der Waals surface area contributed by atoms with Gasteiger partial charge < -0.3 is 10.4 Å². The lowest BCUT2D eigenvalue weighted by Crippen LogP contribution is -2.36. The van der Waals surface area contributed by atoms with E-state index >= 15 is 0 Å². The average molecular weight is 543 g/mol. The fourth-order valence-corrected chi connectivity index (χ4v) is 6.90. The molecule has 1 heterocycles. The number of thiazole rings is 1. The zero-order valence-corrected chi connectivity index (χ0v) is 20.5. The standard InChI is InChI=1S/C24H19BrN2O4S2/c25-15-5-3-12(4-6-15)18(28)11-32-24-27-17-8-7-16(10-19(17)33-24)26-22(29)20-13-1-2-14(9-13)21(20)23(30)31/h1-8,10,13-14,20-21H,9,11H2,(H,26,29)(H,30,31)/t13-,14-,20-,21+/m0/s1. The van der Waals surface area contributed by atoms with Crippen molar-refractivity contribution in [2.75, 3.05) is 11.1 Å². The van der Waals surface area contributed by atoms with Gasteiger partial charge in [-0.25, -0.2) is 4.98 Å². The maximum atomic E-state index is 12.9. The summed E-state index contributed by atoms with van der Waals surface area (Å²) in [4.78, 5) is 41.6. The van der Waals surface area contributed by atoms with Gasteiger partial charge in [-0.1, -0.05) is 52.0 Å². The van der Waals surface area contributed by atoms with Crippen LogP contribution in [-0.2, 0) is 9.59 Å². The second-order valence-electron chi connectivity index (χ2n) is 8.21. The summed E-state index contributed by atoms with van der Waals surface area (Å²) in [6, 6.07) is 12.7. The molecular formula is C24H19BrN2O4S2. The molecule has 0 unspecified atom stereocenters. The van der Waals surface area contributed by atoms with E-state index in [1.54, 1.807) is 18.2 Å². The fourth-order valence-electron chi connectivity index (χ4n) is 4.63. The highest BCUT2D eigenvalue weighted by Crippen LogP contribution is 2.48. The summed E-state index contributed by atoms with van der Waals surface area (Å²) in [5.41, 5.74) is 2.07. The largest absolute Gasteiger partial charge is 0.481 e. The molecule has 3 aromatic rings. The van der Waals surface area contributed by atoms with Crippen LogP contribution >= 0.6 is 39.0 Å². The highest BCUT2D eigenvalue weighted by Gasteiger charge is 2.51. The summed E-state index contributed by atoms with van der Waals surface area (Å²) in [6.45, 7) is 0. The van der Waals surface area contributed by atoms with E-state index in [2.05, 4.69) is 26.2 Å². The predicted molar refractivity (Wildman–Crippen MR) is 133 cm³/mol. The molecule has 4 atom stereocenters. The molecule has 1 amide bonds. The molecule has 1 saturated carbocycles. The molecule has 1 aromatic heterocycles. The van der Waals surface area contributed by atoms with Crippen molar-refractivity contribution in [1.82, 2.24) is 4.98 Å². The minimum atomic E-state index is -0.913. The van der Waals surface area contributed by atoms with Crippen molar-refractivity contribution in [3.63, 3.8) is 0 Å². The van der Waals surface area contributed by atoms with Gasteiger partial charge in [0.25, 0.3) is 0 Å². The number of allylic oxidation sites excluding steroid dienone is 2. The Bertz CT molecular complexity index is 1290. The first-order valence-electron chi connectivity index (χ1n) is 10.4. The molecule has 5 rings (SSSR count). The second-order valence-corrected chi connectivity index (χ2v) is 11.4. The Morgan fingerprint density at radius 2 is 1.82 bits per heavy atom. The van der Waals surface area contributed by atoms with Crippen LogP contribution in [0.15, 0.2) is 63.4 Å². The van der Waals surface area contributed by atoms with E-state index in [0.717, 1.165) is 25.4 Å². The Balaban J connectivity index is 1.26. The number of anilines is 1. The Morgan fingerprint density at radius 1 is 1.09 bits per heavy atom. The van der Waals surface area contributed by atoms with Crippen molar-refractivity contribution in [3.05, 3.63) is 64.7 Å². The van der Waals surface area contributed by atoms with Crippen molar-refractivity contribution in [3.8, 4) is 0 Å². The van der Waals surface area contributed by atoms with E-state index in [0.29, 0.717) is 17.0 Å². The zero-order chi connectivity index (χ0) is 23.1. The molecule has 1 fully saturated rings. The lowest BCUT2D eigenvalue weighted by atomic mass is 9.82. The highest BCUT2D eigenvalue weighted by molar-refractivity contribution is 9.10. The van der Waals surface area contributed by atoms with Gasteiger partial charge in [-0.2, -0.15) is 0 Å². The number of halogens is 1. The number of ketones is 1. The lowest BCUT2D eigenvalue weighted by molar-refractivity contribution is -0.146. The minimum Gasteiger partial charge on any atom is -0.481 e. The molecular weight excluding hydrogens is 524 g/mol. The van der Waals surface area contributed by atoms with Gasteiger partial charge in [0.05, 0.1) is 27.8 Å². The number of hydrogen-bond donors (Lipinski definition) is 2. The number of benzene rings is 2. The molecule has 0 aliphatic heterocycles. The number of aliphatic carboxylic acids is 1. The number of nitrogens with one attached hydrogen (secondary N) is 1. The van der Waals surface area contributed by atoms with Crippen LogP contribution in [0, 0.1) is 23.7 Å². The number of amides is 1. The normalized spacial score (nSPS) is 23.2. The number of Topliss-reactive ketones (excluding diaryl/α,β-unsaturated/α-hetero) is 1. The number of rotatable bonds is 7. The molecule has 2 aliphatic rings. The van der Waals surface area contributed by atoms with Gasteiger partial charge >= 0.3 is 5.97 Å². The van der Waals surface area contributed by atoms with Gasteiger partial charge in [0.2, 0.25) is 5.91 Å². The number of carbonyl (C=O) groups excluding carboxylic acids is 2. The maximum absolute atomic E-state index is 12.9. The van der Waals surface area contributed by atoms with Gasteiger partial charge in [-0.15, -0.1) is 11.3 Å². The molecule has 0 saturated heterocycles. The first kappa shape index (κ1) is 22.3. The molecule has 2 aromatic carbocycles. The van der Waals surface area contributed by atoms with Crippen LogP contribution in [0.1, 0.15) is 16.8 Å². The lowest BCUT2D eigenvalue weighted by Gasteiger charge is -2.23. The SMILES string of the molecule is O=C(CSc1nc2ccc(NC(=O)[C@@H]3[C@H](C(=O)O)[C@H]4C=C[C@H]3C4)cc2s1)c1ccc(Br)cc1. The van der Waals surface area contributed by atoms with Gasteiger partial charge in [-0.05, 0) is 48.6 Å². The van der Waals surface area contributed by atoms with Crippen molar-refractivity contribution in [2.24, 2.45) is 23.7 Å². The molecule has 2 bridgehead atoms. The summed E-state index contributed by atoms with van der Waals surface area (Å²) in [7, 11) is 0. The summed E-state index contributed by atoms with van der Waals surface area (Å²) in [5.74, 6) is -2.14. The summed E-state index contributed by atoms with van der Waals surface area (Å²) in [6.07, 6.45) is 4.62. The molecule has 6 nitrogen and oxygen atoms in total. The van der Waals surface area contributed by atoms with E-state index in [4.69, 9.17) is 0 Å². The number of hydrogen-bond acceptors (Lipinski definition) is 6. The van der Waals surface area contributed by atoms with Crippen LogP contribution in [0.2, 0.25) is 0 Å². The smallest absolute Gasteiger partial charge is 0.307 e. The minimum absolute atomic E-state index is 0.0190. The van der Waals surface area contributed by atoms with Crippen LogP contribution in [0.25, 0.3) is 10.2 Å². The maximum Gasteiger partial charge on any atom is 0.307 e. The van der Waals surface area contributed by atoms with Gasteiger partial charge in [0.15, 0.2) is 10.1 Å². The number of carboxylic acid groups (broad SMARTS) is 1. The number of nitrogens with zero attached hydrogens (tertiary/aromatic N) is 1. The van der Waals surface area contributed by atoms with Crippen molar-refractivity contribution in [1.29, 1.82) is 0 Å². The van der Waals surface area contributed by atoms with Crippen LogP contribution in [0.5, 0.6) is 0 Å². The van der Waals surface area contributed by atoms with Crippen molar-refractivity contribution >= 4 is 72.6 Å². The monoisotopic (exact) mass is 542 g/mol. The molecule has 33 heavy (non-hydrogen) atoms. The Kier molecular flexibility index (Phi) is 6.11. The van der Waals surface area contributed by atoms with Crippen molar-refractivity contribution < 1.29 is 19.5 Å². The van der Waals surface area contributed by atoms with Gasteiger partial charge in [0, 0.05) is 15.7 Å². The van der Waals surface area contributed by atoms with Crippen LogP contribution < -0.4 is 5.32 Å². The molecule has 0 spiro atoms. The topological polar surface area (TPSA) is 96.4 Å². The Labute approximate surface area is 206 Å². The van der Waals surface area contributed by atoms with E-state index in [-0.39, 0.29) is 23.5 Å². The second kappa shape index (κ2) is 9.04. The number of thioether (sulfide) groups is 1. The molecule has 168 valence electrons. The Morgan fingerprint density at radius 3 is 2.55 bits per heavy atom. The molecule has 2 N–H and O–H groups in total. The number of carbonyl (C=O) groups is 3. The highest BCUT2D eigenvalue weighted by atomic mass is 79.9. The third kappa shape index (κ3) is 4.49. The average Bonchev–Trinajstić information content (AvgIpc) is 3.51. The molecule has 0 radical (unpaired) electrons. The van der Waals surface area contributed by atoms with E-state index in [1.807, 2.05) is 36.4 Å². The predicted octanol–water partition coefficient (Wildman–Crippen LogP) is 5.50. The number of carboxylic acids is 1. The third-order valence-electron chi connectivity index (χ3n) is 6.18.